The van der Waals surface area contributed by atoms with Crippen molar-refractivity contribution in [2.45, 2.75) is 37.6 Å². The van der Waals surface area contributed by atoms with E-state index >= 15 is 0 Å². The number of sulfonamides is 1. The fourth-order valence-corrected chi connectivity index (χ4v) is 5.43. The molecule has 1 heterocycles. The average Bonchev–Trinajstić information content (AvgIpc) is 3.28. The molecular formula is C27H27N3O5S. The van der Waals surface area contributed by atoms with E-state index in [4.69, 9.17) is 0 Å². The van der Waals surface area contributed by atoms with Crippen LogP contribution in [0.15, 0.2) is 77.7 Å². The van der Waals surface area contributed by atoms with Crippen molar-refractivity contribution in [3.05, 3.63) is 89.5 Å². The van der Waals surface area contributed by atoms with Crippen LogP contribution in [0.3, 0.4) is 0 Å². The Hall–Kier alpha value is -3.82. The van der Waals surface area contributed by atoms with Crippen LogP contribution in [0, 0.1) is 0 Å². The SMILES string of the molecule is CC(=O)c1ccc(NC(=O)C(Cc2ccccc2)NS(=O)(=O)c2ccc3c(c2)CCN3C(C)=O)cc1. The van der Waals surface area contributed by atoms with E-state index in [9.17, 15) is 22.8 Å². The van der Waals surface area contributed by atoms with Crippen LogP contribution in [0.25, 0.3) is 0 Å². The molecule has 4 rings (SSSR count). The molecule has 3 aromatic carbocycles. The van der Waals surface area contributed by atoms with Gasteiger partial charge in [0, 0.05) is 30.4 Å². The molecule has 2 N–H and O–H groups in total. The van der Waals surface area contributed by atoms with Crippen molar-refractivity contribution in [1.29, 1.82) is 0 Å². The summed E-state index contributed by atoms with van der Waals surface area (Å²) in [4.78, 5) is 38.2. The molecule has 1 unspecified atom stereocenters. The fourth-order valence-electron chi connectivity index (χ4n) is 4.18. The van der Waals surface area contributed by atoms with Crippen molar-refractivity contribution in [1.82, 2.24) is 4.72 Å². The second-order valence-corrected chi connectivity index (χ2v) is 10.4. The molecule has 36 heavy (non-hydrogen) atoms. The van der Waals surface area contributed by atoms with Gasteiger partial charge in [-0.1, -0.05) is 30.3 Å². The van der Waals surface area contributed by atoms with E-state index in [2.05, 4.69) is 10.0 Å². The predicted molar refractivity (Wildman–Crippen MR) is 138 cm³/mol. The minimum Gasteiger partial charge on any atom is -0.325 e. The van der Waals surface area contributed by atoms with Crippen molar-refractivity contribution in [3.8, 4) is 0 Å². The van der Waals surface area contributed by atoms with E-state index in [-0.39, 0.29) is 23.0 Å². The van der Waals surface area contributed by atoms with Crippen molar-refractivity contribution < 1.29 is 22.8 Å². The van der Waals surface area contributed by atoms with E-state index in [0.717, 1.165) is 11.1 Å². The lowest BCUT2D eigenvalue weighted by Gasteiger charge is -2.20. The van der Waals surface area contributed by atoms with E-state index in [1.807, 2.05) is 30.3 Å². The molecule has 0 bridgehead atoms. The molecule has 0 fully saturated rings. The Labute approximate surface area is 210 Å². The van der Waals surface area contributed by atoms with Crippen LogP contribution in [0.2, 0.25) is 0 Å². The highest BCUT2D eigenvalue weighted by Crippen LogP contribution is 2.30. The predicted octanol–water partition coefficient (Wildman–Crippen LogP) is 3.33. The normalized spacial score (nSPS) is 13.7. The fraction of sp³-hybridized carbons (Fsp3) is 0.222. The number of hydrogen-bond donors (Lipinski definition) is 2. The molecule has 1 atom stereocenters. The molecule has 0 radical (unpaired) electrons. The first-order valence-electron chi connectivity index (χ1n) is 11.5. The maximum atomic E-state index is 13.3. The monoisotopic (exact) mass is 505 g/mol. The van der Waals surface area contributed by atoms with Gasteiger partial charge in [-0.2, -0.15) is 4.72 Å². The number of anilines is 2. The van der Waals surface area contributed by atoms with Gasteiger partial charge in [-0.3, -0.25) is 14.4 Å². The summed E-state index contributed by atoms with van der Waals surface area (Å²) in [7, 11) is -4.05. The van der Waals surface area contributed by atoms with Crippen LogP contribution >= 0.6 is 0 Å². The van der Waals surface area contributed by atoms with Gasteiger partial charge in [0.25, 0.3) is 0 Å². The lowest BCUT2D eigenvalue weighted by Crippen LogP contribution is -2.45. The van der Waals surface area contributed by atoms with Crippen molar-refractivity contribution in [2.24, 2.45) is 0 Å². The number of nitrogens with zero attached hydrogens (tertiary/aromatic N) is 1. The Morgan fingerprint density at radius 3 is 2.28 bits per heavy atom. The van der Waals surface area contributed by atoms with Gasteiger partial charge in [-0.25, -0.2) is 8.42 Å². The van der Waals surface area contributed by atoms with Gasteiger partial charge < -0.3 is 10.2 Å². The first-order valence-corrected chi connectivity index (χ1v) is 13.0. The minimum atomic E-state index is -4.05. The third-order valence-corrected chi connectivity index (χ3v) is 7.56. The molecule has 0 aromatic heterocycles. The standard InChI is InChI=1S/C27H27N3O5S/c1-18(31)21-8-10-23(11-9-21)28-27(33)25(16-20-6-4-3-5-7-20)29-36(34,35)24-12-13-26-22(17-24)14-15-30(26)19(2)32/h3-13,17,25,29H,14-16H2,1-2H3,(H,28,33). The lowest BCUT2D eigenvalue weighted by atomic mass is 10.1. The second kappa shape index (κ2) is 10.4. The molecule has 0 saturated carbocycles. The molecular weight excluding hydrogens is 478 g/mol. The lowest BCUT2D eigenvalue weighted by molar-refractivity contribution is -0.118. The second-order valence-electron chi connectivity index (χ2n) is 8.70. The zero-order valence-electron chi connectivity index (χ0n) is 20.0. The van der Waals surface area contributed by atoms with Crippen LogP contribution in [0.5, 0.6) is 0 Å². The van der Waals surface area contributed by atoms with E-state index in [0.29, 0.717) is 29.9 Å². The van der Waals surface area contributed by atoms with Crippen LogP contribution < -0.4 is 14.9 Å². The molecule has 0 saturated heterocycles. The highest BCUT2D eigenvalue weighted by atomic mass is 32.2. The van der Waals surface area contributed by atoms with Crippen molar-refractivity contribution >= 4 is 39.0 Å². The van der Waals surface area contributed by atoms with Crippen molar-refractivity contribution in [3.63, 3.8) is 0 Å². The van der Waals surface area contributed by atoms with Gasteiger partial charge in [0.05, 0.1) is 4.90 Å². The number of hydrogen-bond acceptors (Lipinski definition) is 5. The molecule has 1 aliphatic heterocycles. The van der Waals surface area contributed by atoms with E-state index < -0.39 is 22.0 Å². The van der Waals surface area contributed by atoms with Crippen LogP contribution in [-0.4, -0.2) is 38.6 Å². The maximum Gasteiger partial charge on any atom is 0.242 e. The summed E-state index contributed by atoms with van der Waals surface area (Å²) in [6.45, 7) is 3.43. The number of ketones is 1. The summed E-state index contributed by atoms with van der Waals surface area (Å²) >= 11 is 0. The highest BCUT2D eigenvalue weighted by molar-refractivity contribution is 7.89. The topological polar surface area (TPSA) is 113 Å². The van der Waals surface area contributed by atoms with E-state index in [1.54, 1.807) is 41.3 Å². The summed E-state index contributed by atoms with van der Waals surface area (Å²) in [5, 5.41) is 2.74. The minimum absolute atomic E-state index is 0.0309. The first-order chi connectivity index (χ1) is 17.1. The number of Topliss-reactive ketones (excluding diaryl/α,β-unsaturated/α-hetero) is 1. The number of amides is 2. The number of benzene rings is 3. The number of rotatable bonds is 8. The highest BCUT2D eigenvalue weighted by Gasteiger charge is 2.29. The molecule has 186 valence electrons. The summed E-state index contributed by atoms with van der Waals surface area (Å²) in [6, 6.07) is 19.1. The summed E-state index contributed by atoms with van der Waals surface area (Å²) in [5.74, 6) is -0.719. The Balaban J connectivity index is 1.58. The van der Waals surface area contributed by atoms with Gasteiger partial charge in [0.2, 0.25) is 21.8 Å². The van der Waals surface area contributed by atoms with Crippen LogP contribution in [0.4, 0.5) is 11.4 Å². The summed E-state index contributed by atoms with van der Waals surface area (Å²) in [5.41, 5.74) is 3.22. The molecule has 9 heteroatoms. The zero-order chi connectivity index (χ0) is 25.9. The quantitative estimate of drug-likeness (QED) is 0.456. The molecule has 1 aliphatic rings. The third kappa shape index (κ3) is 5.69. The first kappa shape index (κ1) is 25.3. The smallest absolute Gasteiger partial charge is 0.242 e. The molecule has 8 nitrogen and oxygen atoms in total. The Morgan fingerprint density at radius 2 is 1.64 bits per heavy atom. The maximum absolute atomic E-state index is 13.3. The van der Waals surface area contributed by atoms with E-state index in [1.165, 1.54) is 19.9 Å². The van der Waals surface area contributed by atoms with Gasteiger partial charge in [0.1, 0.15) is 6.04 Å². The van der Waals surface area contributed by atoms with Gasteiger partial charge in [-0.05, 0) is 73.4 Å². The largest absolute Gasteiger partial charge is 0.325 e. The summed E-state index contributed by atoms with van der Waals surface area (Å²) < 4.78 is 29.2. The number of carbonyl (C=O) groups is 3. The average molecular weight is 506 g/mol. The molecule has 2 amide bonds. The van der Waals surface area contributed by atoms with Gasteiger partial charge >= 0.3 is 0 Å². The third-order valence-electron chi connectivity index (χ3n) is 6.09. The zero-order valence-corrected chi connectivity index (χ0v) is 20.8. The van der Waals surface area contributed by atoms with Gasteiger partial charge in [0.15, 0.2) is 5.78 Å². The Morgan fingerprint density at radius 1 is 0.944 bits per heavy atom. The van der Waals surface area contributed by atoms with Crippen LogP contribution in [0.1, 0.15) is 35.3 Å². The Kier molecular flexibility index (Phi) is 7.32. The number of fused-ring (bicyclic) bond motifs is 1. The number of carbonyl (C=O) groups excluding carboxylic acids is 3. The Bertz CT molecular complexity index is 1400. The van der Waals surface area contributed by atoms with Crippen LogP contribution in [-0.2, 0) is 32.5 Å². The summed E-state index contributed by atoms with van der Waals surface area (Å²) in [6.07, 6.45) is 0.697. The molecule has 3 aromatic rings. The number of nitrogens with one attached hydrogen (secondary N) is 2. The molecule has 0 spiro atoms. The molecule has 0 aliphatic carbocycles. The van der Waals surface area contributed by atoms with Gasteiger partial charge in [-0.15, -0.1) is 0 Å². The van der Waals surface area contributed by atoms with Crippen molar-refractivity contribution in [2.75, 3.05) is 16.8 Å².